The van der Waals surface area contributed by atoms with Crippen LogP contribution in [0.15, 0.2) is 72.9 Å². The van der Waals surface area contributed by atoms with Gasteiger partial charge in [-0.15, -0.1) is 11.3 Å². The molecule has 4 rings (SSSR count). The molecule has 0 aliphatic carbocycles. The predicted molar refractivity (Wildman–Crippen MR) is 137 cm³/mol. The van der Waals surface area contributed by atoms with Gasteiger partial charge in [0.1, 0.15) is 10.8 Å². The number of ether oxygens (including phenoxy) is 2. The van der Waals surface area contributed by atoms with Crippen molar-refractivity contribution in [2.24, 2.45) is 0 Å². The number of carbonyl (C=O) groups excluding carboxylic acids is 1. The lowest BCUT2D eigenvalue weighted by Crippen LogP contribution is -2.17. The zero-order valence-corrected chi connectivity index (χ0v) is 20.4. The summed E-state index contributed by atoms with van der Waals surface area (Å²) in [5.41, 5.74) is 3.61. The van der Waals surface area contributed by atoms with Crippen LogP contribution in [0.2, 0.25) is 0 Å². The molecule has 0 bridgehead atoms. The van der Waals surface area contributed by atoms with Gasteiger partial charge < -0.3 is 20.1 Å². The number of hydrogen-bond acceptors (Lipinski definition) is 6. The zero-order valence-electron chi connectivity index (χ0n) is 19.6. The molecule has 0 saturated carbocycles. The molecule has 0 saturated heterocycles. The first-order valence-electron chi connectivity index (χ1n) is 10.9. The number of nitrogens with zero attached hydrogens (tertiary/aromatic N) is 1. The number of nitrogens with one attached hydrogen (secondary N) is 2. The molecule has 7 heteroatoms. The van der Waals surface area contributed by atoms with E-state index in [4.69, 9.17) is 9.47 Å². The molecule has 0 aliphatic heterocycles. The number of methoxy groups -OCH3 is 2. The van der Waals surface area contributed by atoms with Gasteiger partial charge in [0.2, 0.25) is 0 Å². The van der Waals surface area contributed by atoms with Gasteiger partial charge in [-0.05, 0) is 67.4 Å². The van der Waals surface area contributed by atoms with Gasteiger partial charge in [-0.3, -0.25) is 4.79 Å². The molecule has 0 fully saturated rings. The fraction of sp³-hybridized carbons (Fsp3) is 0.185. The molecule has 0 aliphatic rings. The molecule has 6 nitrogen and oxygen atoms in total. The highest BCUT2D eigenvalue weighted by Gasteiger charge is 2.23. The Hall–Kier alpha value is -3.84. The second-order valence-corrected chi connectivity index (χ2v) is 9.13. The van der Waals surface area contributed by atoms with E-state index in [1.165, 1.54) is 0 Å². The smallest absolute Gasteiger partial charge is 0.256 e. The van der Waals surface area contributed by atoms with Crippen LogP contribution in [0.25, 0.3) is 0 Å². The Kier molecular flexibility index (Phi) is 7.13. The Morgan fingerprint density at radius 1 is 0.941 bits per heavy atom. The standard InChI is InChI=1S/C27H27N3O3S/c1-17-12-13-28-24(14-17)29-25(20-10-11-22(32-3)23(16-20)33-4)21-15-18(2)34-27(21)30-26(31)19-8-6-5-7-9-19/h5-16,25H,1-4H3,(H,28,29)(H,30,31). The molecule has 2 aromatic carbocycles. The van der Waals surface area contributed by atoms with E-state index in [9.17, 15) is 4.79 Å². The zero-order chi connectivity index (χ0) is 24.1. The molecule has 4 aromatic rings. The number of pyridine rings is 1. The Bertz CT molecular complexity index is 1290. The highest BCUT2D eigenvalue weighted by molar-refractivity contribution is 7.16. The number of anilines is 2. The Morgan fingerprint density at radius 3 is 2.41 bits per heavy atom. The highest BCUT2D eigenvalue weighted by atomic mass is 32.1. The molecule has 0 spiro atoms. The van der Waals surface area contributed by atoms with Crippen LogP contribution in [-0.2, 0) is 0 Å². The maximum absolute atomic E-state index is 12.9. The van der Waals surface area contributed by atoms with E-state index in [2.05, 4.69) is 21.7 Å². The number of carbonyl (C=O) groups is 1. The van der Waals surface area contributed by atoms with Gasteiger partial charge in [0.25, 0.3) is 5.91 Å². The molecule has 1 unspecified atom stereocenters. The van der Waals surface area contributed by atoms with Gasteiger partial charge in [0.15, 0.2) is 11.5 Å². The first kappa shape index (κ1) is 23.3. The molecule has 34 heavy (non-hydrogen) atoms. The number of amides is 1. The summed E-state index contributed by atoms with van der Waals surface area (Å²) in [4.78, 5) is 18.5. The van der Waals surface area contributed by atoms with E-state index >= 15 is 0 Å². The van der Waals surface area contributed by atoms with Crippen LogP contribution in [0.4, 0.5) is 10.8 Å². The summed E-state index contributed by atoms with van der Waals surface area (Å²) >= 11 is 1.54. The third kappa shape index (κ3) is 5.21. The quantitative estimate of drug-likeness (QED) is 0.317. The minimum atomic E-state index is -0.287. The maximum Gasteiger partial charge on any atom is 0.256 e. The molecule has 2 aromatic heterocycles. The summed E-state index contributed by atoms with van der Waals surface area (Å²) in [6.07, 6.45) is 1.78. The van der Waals surface area contributed by atoms with Crippen molar-refractivity contribution in [2.45, 2.75) is 19.9 Å². The summed E-state index contributed by atoms with van der Waals surface area (Å²) in [5, 5.41) is 7.45. The van der Waals surface area contributed by atoms with Gasteiger partial charge in [-0.1, -0.05) is 24.3 Å². The topological polar surface area (TPSA) is 72.5 Å². The van der Waals surface area contributed by atoms with E-state index in [1.807, 2.05) is 62.4 Å². The Labute approximate surface area is 203 Å². The minimum absolute atomic E-state index is 0.150. The van der Waals surface area contributed by atoms with Crippen molar-refractivity contribution in [3.63, 3.8) is 0 Å². The second kappa shape index (κ2) is 10.4. The summed E-state index contributed by atoms with van der Waals surface area (Å²) < 4.78 is 11.0. The van der Waals surface area contributed by atoms with Crippen LogP contribution in [0.5, 0.6) is 11.5 Å². The second-order valence-electron chi connectivity index (χ2n) is 7.87. The average molecular weight is 474 g/mol. The van der Waals surface area contributed by atoms with Crippen LogP contribution >= 0.6 is 11.3 Å². The molecule has 2 heterocycles. The lowest BCUT2D eigenvalue weighted by atomic mass is 9.99. The van der Waals surface area contributed by atoms with Crippen LogP contribution in [0.1, 0.15) is 38.0 Å². The van der Waals surface area contributed by atoms with Crippen molar-refractivity contribution in [2.75, 3.05) is 24.9 Å². The number of aryl methyl sites for hydroxylation is 2. The van der Waals surface area contributed by atoms with E-state index < -0.39 is 0 Å². The first-order valence-corrected chi connectivity index (χ1v) is 11.7. The molecule has 1 atom stereocenters. The fourth-order valence-corrected chi connectivity index (χ4v) is 4.69. The van der Waals surface area contributed by atoms with E-state index in [1.54, 1.807) is 43.9 Å². The number of thiophene rings is 1. The van der Waals surface area contributed by atoms with Crippen molar-refractivity contribution in [1.82, 2.24) is 4.98 Å². The SMILES string of the molecule is COc1ccc(C(Nc2cc(C)ccn2)c2cc(C)sc2NC(=O)c2ccccc2)cc1OC. The lowest BCUT2D eigenvalue weighted by molar-refractivity contribution is 0.102. The lowest BCUT2D eigenvalue weighted by Gasteiger charge is -2.22. The summed E-state index contributed by atoms with van der Waals surface area (Å²) in [7, 11) is 3.23. The molecule has 0 radical (unpaired) electrons. The van der Waals surface area contributed by atoms with Gasteiger partial charge >= 0.3 is 0 Å². The van der Waals surface area contributed by atoms with Gasteiger partial charge in [-0.25, -0.2) is 4.98 Å². The van der Waals surface area contributed by atoms with Crippen LogP contribution in [-0.4, -0.2) is 25.1 Å². The first-order chi connectivity index (χ1) is 16.5. The Morgan fingerprint density at radius 2 is 1.71 bits per heavy atom. The van der Waals surface area contributed by atoms with Crippen LogP contribution in [0.3, 0.4) is 0 Å². The number of rotatable bonds is 8. The normalized spacial score (nSPS) is 11.5. The van der Waals surface area contributed by atoms with E-state index in [-0.39, 0.29) is 11.9 Å². The van der Waals surface area contributed by atoms with E-state index in [0.717, 1.165) is 32.4 Å². The predicted octanol–water partition coefficient (Wildman–Crippen LogP) is 6.23. The Balaban J connectivity index is 1.77. The largest absolute Gasteiger partial charge is 0.493 e. The van der Waals surface area contributed by atoms with E-state index in [0.29, 0.717) is 17.1 Å². The highest BCUT2D eigenvalue weighted by Crippen LogP contribution is 2.40. The summed E-state index contributed by atoms with van der Waals surface area (Å²) in [5.74, 6) is 1.87. The van der Waals surface area contributed by atoms with Crippen molar-refractivity contribution >= 4 is 28.1 Å². The van der Waals surface area contributed by atoms with Crippen molar-refractivity contribution in [1.29, 1.82) is 0 Å². The van der Waals surface area contributed by atoms with Gasteiger partial charge in [0.05, 0.1) is 20.3 Å². The number of aromatic nitrogens is 1. The van der Waals surface area contributed by atoms with Crippen LogP contribution < -0.4 is 20.1 Å². The third-order valence-electron chi connectivity index (χ3n) is 5.41. The molecule has 2 N–H and O–H groups in total. The number of benzene rings is 2. The third-order valence-corrected chi connectivity index (χ3v) is 6.39. The summed E-state index contributed by atoms with van der Waals surface area (Å²) in [6, 6.07) is 20.8. The fourth-order valence-electron chi connectivity index (χ4n) is 3.75. The van der Waals surface area contributed by atoms with Crippen molar-refractivity contribution in [3.05, 3.63) is 100 Å². The molecule has 174 valence electrons. The monoisotopic (exact) mass is 473 g/mol. The van der Waals surface area contributed by atoms with Crippen LogP contribution in [0, 0.1) is 13.8 Å². The molecule has 1 amide bonds. The minimum Gasteiger partial charge on any atom is -0.493 e. The molecular formula is C27H27N3O3S. The molecular weight excluding hydrogens is 446 g/mol. The van der Waals surface area contributed by atoms with Crippen molar-refractivity contribution in [3.8, 4) is 11.5 Å². The summed E-state index contributed by atoms with van der Waals surface area (Å²) in [6.45, 7) is 4.06. The van der Waals surface area contributed by atoms with Crippen molar-refractivity contribution < 1.29 is 14.3 Å². The van der Waals surface area contributed by atoms with Gasteiger partial charge in [-0.2, -0.15) is 0 Å². The maximum atomic E-state index is 12.9. The van der Waals surface area contributed by atoms with Gasteiger partial charge in [0, 0.05) is 22.2 Å². The number of hydrogen-bond donors (Lipinski definition) is 2. The average Bonchev–Trinajstić information content (AvgIpc) is 3.22.